The minimum absolute atomic E-state index is 0.0356. The lowest BCUT2D eigenvalue weighted by Crippen LogP contribution is -2.44. The number of hydroxylamine groups is 1. The molecule has 19 heavy (non-hydrogen) atoms. The first-order valence-corrected chi connectivity index (χ1v) is 6.70. The minimum atomic E-state index is -0.402. The summed E-state index contributed by atoms with van der Waals surface area (Å²) in [6.07, 6.45) is 1.22. The number of nitrogens with zero attached hydrogens (tertiary/aromatic N) is 1. The van der Waals surface area contributed by atoms with Crippen molar-refractivity contribution in [2.75, 3.05) is 26.2 Å². The Morgan fingerprint density at radius 2 is 2.16 bits per heavy atom. The molecule has 3 atom stereocenters. The Bertz CT molecular complexity index is 350. The van der Waals surface area contributed by atoms with Crippen LogP contribution in [0.2, 0.25) is 0 Å². The Morgan fingerprint density at radius 3 is 2.79 bits per heavy atom. The third-order valence-electron chi connectivity index (χ3n) is 3.90. The summed E-state index contributed by atoms with van der Waals surface area (Å²) in [7, 11) is 0. The lowest BCUT2D eigenvalue weighted by Gasteiger charge is -2.29. The second-order valence-corrected chi connectivity index (χ2v) is 5.42. The molecule has 7 nitrogen and oxygen atoms in total. The number of carbonyl (C=O) groups is 2. The summed E-state index contributed by atoms with van der Waals surface area (Å²) in [6.45, 7) is 2.26. The second-order valence-electron chi connectivity index (χ2n) is 5.42. The van der Waals surface area contributed by atoms with Crippen LogP contribution in [0, 0.1) is 11.8 Å². The van der Waals surface area contributed by atoms with E-state index in [1.54, 1.807) is 10.4 Å². The van der Waals surface area contributed by atoms with Crippen molar-refractivity contribution in [3.63, 3.8) is 0 Å². The zero-order valence-electron chi connectivity index (χ0n) is 10.8. The quantitative estimate of drug-likeness (QED) is 0.377. The van der Waals surface area contributed by atoms with Crippen LogP contribution in [-0.2, 0) is 9.59 Å². The van der Waals surface area contributed by atoms with E-state index in [1.807, 2.05) is 0 Å². The second kappa shape index (κ2) is 6.31. The van der Waals surface area contributed by atoms with Gasteiger partial charge in [-0.15, -0.1) is 0 Å². The van der Waals surface area contributed by atoms with Crippen LogP contribution >= 0.6 is 0 Å². The van der Waals surface area contributed by atoms with E-state index in [1.165, 1.54) is 0 Å². The lowest BCUT2D eigenvalue weighted by atomic mass is 9.87. The fourth-order valence-electron chi connectivity index (χ4n) is 2.82. The molecule has 0 aliphatic carbocycles. The van der Waals surface area contributed by atoms with Gasteiger partial charge in [-0.3, -0.25) is 14.8 Å². The molecule has 0 spiro atoms. The van der Waals surface area contributed by atoms with Gasteiger partial charge in [-0.25, -0.2) is 5.48 Å². The molecule has 0 aromatic carbocycles. The third-order valence-corrected chi connectivity index (χ3v) is 3.90. The normalized spacial score (nSPS) is 31.3. The fourth-order valence-corrected chi connectivity index (χ4v) is 2.82. The molecule has 2 saturated heterocycles. The van der Waals surface area contributed by atoms with Gasteiger partial charge in [0.25, 0.3) is 0 Å². The number of carbonyl (C=O) groups excluding carboxylic acids is 2. The summed E-state index contributed by atoms with van der Waals surface area (Å²) in [4.78, 5) is 25.1. The molecule has 0 bridgehead atoms. The van der Waals surface area contributed by atoms with Crippen LogP contribution < -0.4 is 10.8 Å². The van der Waals surface area contributed by atoms with E-state index >= 15 is 0 Å². The van der Waals surface area contributed by atoms with Gasteiger partial charge >= 0.3 is 0 Å². The first kappa shape index (κ1) is 14.2. The summed E-state index contributed by atoms with van der Waals surface area (Å²) >= 11 is 0. The maximum Gasteiger partial charge on any atom is 0.247 e. The molecule has 0 aromatic heterocycles. The first-order valence-electron chi connectivity index (χ1n) is 6.70. The van der Waals surface area contributed by atoms with Crippen molar-refractivity contribution < 1.29 is 19.9 Å². The number of β-amino-alcohol motifs (C(OH)–C–C–N with tert-alkyl or cyclic N) is 1. The Kier molecular flexibility index (Phi) is 4.73. The van der Waals surface area contributed by atoms with Gasteiger partial charge in [0.1, 0.15) is 0 Å². The molecule has 2 aliphatic heterocycles. The van der Waals surface area contributed by atoms with Gasteiger partial charge in [-0.05, 0) is 25.3 Å². The topological polar surface area (TPSA) is 102 Å². The van der Waals surface area contributed by atoms with Crippen molar-refractivity contribution in [2.24, 2.45) is 11.8 Å². The van der Waals surface area contributed by atoms with Crippen LogP contribution in [0.25, 0.3) is 0 Å². The van der Waals surface area contributed by atoms with Crippen molar-refractivity contribution >= 4 is 11.8 Å². The Hall–Kier alpha value is -1.18. The van der Waals surface area contributed by atoms with Gasteiger partial charge in [-0.1, -0.05) is 0 Å². The molecule has 2 heterocycles. The highest BCUT2D eigenvalue weighted by Crippen LogP contribution is 2.21. The predicted octanol–water partition coefficient (Wildman–Crippen LogP) is -1.30. The average molecular weight is 271 g/mol. The number of rotatable bonds is 3. The van der Waals surface area contributed by atoms with Gasteiger partial charge in [0, 0.05) is 26.1 Å². The zero-order valence-corrected chi connectivity index (χ0v) is 10.8. The highest BCUT2D eigenvalue weighted by molar-refractivity contribution is 5.79. The molecule has 0 saturated carbocycles. The van der Waals surface area contributed by atoms with Gasteiger partial charge in [0.2, 0.25) is 11.8 Å². The van der Waals surface area contributed by atoms with E-state index in [0.29, 0.717) is 45.4 Å². The molecule has 2 amide bonds. The number of nitrogens with one attached hydrogen (secondary N) is 2. The summed E-state index contributed by atoms with van der Waals surface area (Å²) < 4.78 is 0. The number of aliphatic hydroxyl groups excluding tert-OH is 1. The van der Waals surface area contributed by atoms with Gasteiger partial charge in [0.15, 0.2) is 0 Å². The number of hydrogen-bond acceptors (Lipinski definition) is 5. The van der Waals surface area contributed by atoms with E-state index in [4.69, 9.17) is 5.21 Å². The fraction of sp³-hybridized carbons (Fsp3) is 0.833. The largest absolute Gasteiger partial charge is 0.391 e. The van der Waals surface area contributed by atoms with Crippen LogP contribution in [0.5, 0.6) is 0 Å². The van der Waals surface area contributed by atoms with E-state index in [9.17, 15) is 14.7 Å². The third kappa shape index (κ3) is 3.65. The van der Waals surface area contributed by atoms with Crippen molar-refractivity contribution in [2.45, 2.75) is 25.4 Å². The van der Waals surface area contributed by atoms with Crippen molar-refractivity contribution in [1.29, 1.82) is 0 Å². The van der Waals surface area contributed by atoms with Crippen LogP contribution in [0.15, 0.2) is 0 Å². The SMILES string of the molecule is O=C(NO)C1CNCC(CC(=O)N2CC[C@@H](O)C2)C1. The predicted molar refractivity (Wildman–Crippen MR) is 66.2 cm³/mol. The minimum Gasteiger partial charge on any atom is -0.391 e. The first-order chi connectivity index (χ1) is 9.10. The average Bonchev–Trinajstić information content (AvgIpc) is 2.85. The van der Waals surface area contributed by atoms with Gasteiger partial charge in [-0.2, -0.15) is 0 Å². The van der Waals surface area contributed by atoms with Crippen LogP contribution in [0.1, 0.15) is 19.3 Å². The monoisotopic (exact) mass is 271 g/mol. The zero-order chi connectivity index (χ0) is 13.8. The summed E-state index contributed by atoms with van der Waals surface area (Å²) in [5.74, 6) is -0.559. The highest BCUT2D eigenvalue weighted by Gasteiger charge is 2.31. The van der Waals surface area contributed by atoms with Crippen molar-refractivity contribution in [1.82, 2.24) is 15.7 Å². The molecule has 2 fully saturated rings. The number of hydrogen-bond donors (Lipinski definition) is 4. The summed E-state index contributed by atoms with van der Waals surface area (Å²) in [6, 6.07) is 0. The maximum absolute atomic E-state index is 12.0. The number of aliphatic hydroxyl groups is 1. The Morgan fingerprint density at radius 1 is 1.37 bits per heavy atom. The molecule has 0 aromatic rings. The molecule has 4 N–H and O–H groups in total. The number of likely N-dealkylation sites (tertiary alicyclic amines) is 1. The molecule has 7 heteroatoms. The summed E-state index contributed by atoms with van der Waals surface area (Å²) in [5, 5.41) is 21.2. The van der Waals surface area contributed by atoms with Gasteiger partial charge < -0.3 is 15.3 Å². The molecule has 2 rings (SSSR count). The van der Waals surface area contributed by atoms with Crippen LogP contribution in [-0.4, -0.2) is 59.3 Å². The van der Waals surface area contributed by atoms with E-state index in [-0.39, 0.29) is 17.7 Å². The molecule has 2 unspecified atom stereocenters. The lowest BCUT2D eigenvalue weighted by molar-refractivity contribution is -0.136. The number of amides is 2. The Labute approximate surface area is 111 Å². The highest BCUT2D eigenvalue weighted by atomic mass is 16.5. The number of piperidine rings is 1. The molecular formula is C12H21N3O4. The molecule has 108 valence electrons. The standard InChI is InChI=1S/C12H21N3O4/c16-10-1-2-15(7-10)11(17)4-8-3-9(6-13-5-8)12(18)14-19/h8-10,13,16,19H,1-7H2,(H,14,18)/t8?,9?,10-/m1/s1. The maximum atomic E-state index is 12.0. The molecular weight excluding hydrogens is 250 g/mol. The van der Waals surface area contributed by atoms with Crippen molar-refractivity contribution in [3.05, 3.63) is 0 Å². The van der Waals surface area contributed by atoms with E-state index in [0.717, 1.165) is 0 Å². The van der Waals surface area contributed by atoms with Crippen LogP contribution in [0.3, 0.4) is 0 Å². The van der Waals surface area contributed by atoms with Gasteiger partial charge in [0.05, 0.1) is 12.0 Å². The Balaban J connectivity index is 1.82. The van der Waals surface area contributed by atoms with E-state index < -0.39 is 12.0 Å². The molecule has 0 radical (unpaired) electrons. The van der Waals surface area contributed by atoms with E-state index in [2.05, 4.69) is 5.32 Å². The van der Waals surface area contributed by atoms with Crippen molar-refractivity contribution in [3.8, 4) is 0 Å². The summed E-state index contributed by atoms with van der Waals surface area (Å²) in [5.41, 5.74) is 1.66. The molecule has 2 aliphatic rings. The van der Waals surface area contributed by atoms with Crippen LogP contribution in [0.4, 0.5) is 0 Å². The smallest absolute Gasteiger partial charge is 0.247 e.